The van der Waals surface area contributed by atoms with Crippen molar-refractivity contribution in [3.63, 3.8) is 0 Å². The van der Waals surface area contributed by atoms with Crippen molar-refractivity contribution < 1.29 is 4.79 Å². The van der Waals surface area contributed by atoms with Crippen molar-refractivity contribution in [3.05, 3.63) is 0 Å². The van der Waals surface area contributed by atoms with E-state index < -0.39 is 0 Å². The van der Waals surface area contributed by atoms with E-state index in [4.69, 9.17) is 5.73 Å². The van der Waals surface area contributed by atoms with Gasteiger partial charge < -0.3 is 11.1 Å². The number of carbonyl (C=O) groups excluding carboxylic acids is 1. The monoisotopic (exact) mass is 210 g/mol. The molecule has 4 atom stereocenters. The molecule has 0 radical (unpaired) electrons. The van der Waals surface area contributed by atoms with E-state index in [1.165, 1.54) is 25.7 Å². The van der Waals surface area contributed by atoms with Gasteiger partial charge in [0.1, 0.15) is 0 Å². The Labute approximate surface area is 91.8 Å². The van der Waals surface area contributed by atoms with Gasteiger partial charge in [0.15, 0.2) is 0 Å². The van der Waals surface area contributed by atoms with Gasteiger partial charge in [-0.1, -0.05) is 13.3 Å². The lowest BCUT2D eigenvalue weighted by Gasteiger charge is -2.22. The third kappa shape index (κ3) is 2.33. The smallest absolute Gasteiger partial charge is 0.236 e. The van der Waals surface area contributed by atoms with Crippen molar-refractivity contribution in [2.45, 2.75) is 45.1 Å². The molecule has 0 spiro atoms. The van der Waals surface area contributed by atoms with Crippen LogP contribution in [0.15, 0.2) is 0 Å². The zero-order valence-electron chi connectivity index (χ0n) is 9.54. The van der Waals surface area contributed by atoms with Crippen molar-refractivity contribution >= 4 is 5.91 Å². The molecule has 2 aliphatic carbocycles. The second kappa shape index (κ2) is 4.52. The Bertz CT molecular complexity index is 242. The second-order valence-corrected chi connectivity index (χ2v) is 5.19. The van der Waals surface area contributed by atoms with Gasteiger partial charge in [0, 0.05) is 6.54 Å². The van der Waals surface area contributed by atoms with Gasteiger partial charge in [-0.3, -0.25) is 4.79 Å². The molecule has 2 saturated carbocycles. The van der Waals surface area contributed by atoms with Gasteiger partial charge in [-0.2, -0.15) is 0 Å². The standard InChI is InChI=1S/C12H22N2O/c1-2-11(13)12(15)14-7-10-6-8-3-4-9(10)5-8/h8-11H,2-7,13H2,1H3,(H,14,15)/t8?,9?,10?,11-/m0/s1. The fraction of sp³-hybridized carbons (Fsp3) is 0.917. The van der Waals surface area contributed by atoms with Crippen LogP contribution >= 0.6 is 0 Å². The normalized spacial score (nSPS) is 35.5. The Morgan fingerprint density at radius 3 is 2.80 bits per heavy atom. The van der Waals surface area contributed by atoms with Crippen LogP contribution in [0.3, 0.4) is 0 Å². The summed E-state index contributed by atoms with van der Waals surface area (Å²) in [5, 5.41) is 3.00. The summed E-state index contributed by atoms with van der Waals surface area (Å²) in [5.41, 5.74) is 5.67. The summed E-state index contributed by atoms with van der Waals surface area (Å²) in [6.07, 6.45) is 6.25. The van der Waals surface area contributed by atoms with E-state index >= 15 is 0 Å². The molecule has 1 amide bonds. The van der Waals surface area contributed by atoms with Crippen LogP contribution in [0.25, 0.3) is 0 Å². The number of hydrogen-bond acceptors (Lipinski definition) is 2. The number of nitrogens with one attached hydrogen (secondary N) is 1. The van der Waals surface area contributed by atoms with Crippen LogP contribution in [0.1, 0.15) is 39.0 Å². The molecule has 2 bridgehead atoms. The quantitative estimate of drug-likeness (QED) is 0.734. The number of carbonyl (C=O) groups is 1. The first-order chi connectivity index (χ1) is 7.20. The van der Waals surface area contributed by atoms with Gasteiger partial charge in [0.05, 0.1) is 6.04 Å². The SMILES string of the molecule is CC[C@H](N)C(=O)NCC1CC2CCC1C2. The molecular weight excluding hydrogens is 188 g/mol. The van der Waals surface area contributed by atoms with Gasteiger partial charge in [0.25, 0.3) is 0 Å². The largest absolute Gasteiger partial charge is 0.354 e. The number of fused-ring (bicyclic) bond motifs is 2. The first-order valence-corrected chi connectivity index (χ1v) is 6.24. The molecule has 3 heteroatoms. The summed E-state index contributed by atoms with van der Waals surface area (Å²) in [5.74, 6) is 2.60. The average Bonchev–Trinajstić information content (AvgIpc) is 2.86. The lowest BCUT2D eigenvalue weighted by Crippen LogP contribution is -2.42. The maximum Gasteiger partial charge on any atom is 0.236 e. The Hall–Kier alpha value is -0.570. The van der Waals surface area contributed by atoms with Crippen LogP contribution in [0.2, 0.25) is 0 Å². The predicted octanol–water partition coefficient (Wildman–Crippen LogP) is 1.28. The molecule has 0 aromatic carbocycles. The van der Waals surface area contributed by atoms with Gasteiger partial charge >= 0.3 is 0 Å². The van der Waals surface area contributed by atoms with E-state index in [0.717, 1.165) is 30.7 Å². The van der Waals surface area contributed by atoms with Crippen molar-refractivity contribution in [2.75, 3.05) is 6.54 Å². The Morgan fingerprint density at radius 2 is 2.27 bits per heavy atom. The topological polar surface area (TPSA) is 55.1 Å². The van der Waals surface area contributed by atoms with Crippen LogP contribution in [-0.4, -0.2) is 18.5 Å². The highest BCUT2D eigenvalue weighted by molar-refractivity contribution is 5.81. The number of rotatable bonds is 4. The zero-order chi connectivity index (χ0) is 10.8. The summed E-state index contributed by atoms with van der Waals surface area (Å²) in [6.45, 7) is 2.80. The molecule has 3 unspecified atom stereocenters. The summed E-state index contributed by atoms with van der Waals surface area (Å²) in [4.78, 5) is 11.5. The van der Waals surface area contributed by atoms with Crippen LogP contribution in [0, 0.1) is 17.8 Å². The van der Waals surface area contributed by atoms with Crippen molar-refractivity contribution in [3.8, 4) is 0 Å². The average molecular weight is 210 g/mol. The lowest BCUT2D eigenvalue weighted by molar-refractivity contribution is -0.122. The van der Waals surface area contributed by atoms with Gasteiger partial charge in [-0.05, 0) is 43.4 Å². The molecular formula is C12H22N2O. The highest BCUT2D eigenvalue weighted by Gasteiger charge is 2.39. The number of nitrogens with two attached hydrogens (primary N) is 1. The Morgan fingerprint density at radius 1 is 1.47 bits per heavy atom. The molecule has 3 nitrogen and oxygen atoms in total. The van der Waals surface area contributed by atoms with E-state index in [9.17, 15) is 4.79 Å². The van der Waals surface area contributed by atoms with Crippen LogP contribution < -0.4 is 11.1 Å². The minimum absolute atomic E-state index is 0.0280. The maximum absolute atomic E-state index is 11.5. The molecule has 3 N–H and O–H groups in total. The molecule has 0 saturated heterocycles. The van der Waals surface area contributed by atoms with E-state index in [1.807, 2.05) is 6.92 Å². The molecule has 15 heavy (non-hydrogen) atoms. The highest BCUT2D eigenvalue weighted by atomic mass is 16.2. The summed E-state index contributed by atoms with van der Waals surface area (Å²) in [6, 6.07) is -0.316. The molecule has 0 aromatic rings. The lowest BCUT2D eigenvalue weighted by atomic mass is 9.89. The third-order valence-corrected chi connectivity index (χ3v) is 4.20. The summed E-state index contributed by atoms with van der Waals surface area (Å²) in [7, 11) is 0. The van der Waals surface area contributed by atoms with Crippen molar-refractivity contribution in [1.29, 1.82) is 0 Å². The first kappa shape index (κ1) is 10.9. The second-order valence-electron chi connectivity index (χ2n) is 5.19. The zero-order valence-corrected chi connectivity index (χ0v) is 9.54. The minimum atomic E-state index is -0.316. The molecule has 0 aromatic heterocycles. The van der Waals surface area contributed by atoms with Crippen molar-refractivity contribution in [1.82, 2.24) is 5.32 Å². The Balaban J connectivity index is 1.72. The van der Waals surface area contributed by atoms with Gasteiger partial charge in [0.2, 0.25) is 5.91 Å². The minimum Gasteiger partial charge on any atom is -0.354 e. The highest BCUT2D eigenvalue weighted by Crippen LogP contribution is 2.47. The predicted molar refractivity (Wildman–Crippen MR) is 60.2 cm³/mol. The molecule has 2 rings (SSSR count). The van der Waals surface area contributed by atoms with E-state index in [1.54, 1.807) is 0 Å². The summed E-state index contributed by atoms with van der Waals surface area (Å²) >= 11 is 0. The van der Waals surface area contributed by atoms with Crippen LogP contribution in [-0.2, 0) is 4.79 Å². The number of amides is 1. The fourth-order valence-electron chi connectivity index (χ4n) is 3.17. The molecule has 86 valence electrons. The van der Waals surface area contributed by atoms with Crippen LogP contribution in [0.5, 0.6) is 0 Å². The molecule has 2 aliphatic rings. The van der Waals surface area contributed by atoms with Crippen LogP contribution in [0.4, 0.5) is 0 Å². The van der Waals surface area contributed by atoms with Gasteiger partial charge in [-0.25, -0.2) is 0 Å². The Kier molecular flexibility index (Phi) is 3.29. The van der Waals surface area contributed by atoms with E-state index in [0.29, 0.717) is 0 Å². The van der Waals surface area contributed by atoms with E-state index in [-0.39, 0.29) is 11.9 Å². The molecule has 0 aliphatic heterocycles. The van der Waals surface area contributed by atoms with E-state index in [2.05, 4.69) is 5.32 Å². The summed E-state index contributed by atoms with van der Waals surface area (Å²) < 4.78 is 0. The van der Waals surface area contributed by atoms with Gasteiger partial charge in [-0.15, -0.1) is 0 Å². The number of hydrogen-bond donors (Lipinski definition) is 2. The first-order valence-electron chi connectivity index (χ1n) is 6.24. The van der Waals surface area contributed by atoms with Crippen molar-refractivity contribution in [2.24, 2.45) is 23.5 Å². The fourth-order valence-corrected chi connectivity index (χ4v) is 3.17. The third-order valence-electron chi connectivity index (χ3n) is 4.20. The molecule has 2 fully saturated rings. The maximum atomic E-state index is 11.5. The molecule has 0 heterocycles.